The molecule has 0 bridgehead atoms. The third kappa shape index (κ3) is 3.07. The lowest BCUT2D eigenvalue weighted by Crippen LogP contribution is -2.23. The van der Waals surface area contributed by atoms with Crippen molar-refractivity contribution in [2.45, 2.75) is 45.6 Å². The highest BCUT2D eigenvalue weighted by Crippen LogP contribution is 2.31. The molecule has 1 nitrogen and oxygen atoms in total. The third-order valence-corrected chi connectivity index (χ3v) is 3.27. The molecule has 3 unspecified atom stereocenters. The second-order valence-electron chi connectivity index (χ2n) is 4.30. The first-order valence-electron chi connectivity index (χ1n) is 5.93. The topological polar surface area (TPSA) is 20.2 Å². The van der Waals surface area contributed by atoms with E-state index >= 15 is 0 Å². The zero-order valence-corrected chi connectivity index (χ0v) is 9.98. The second-order valence-corrected chi connectivity index (χ2v) is 4.30. The first kappa shape index (κ1) is 12.3. The zero-order valence-electron chi connectivity index (χ0n) is 9.98. The molecule has 0 aromatic heterocycles. The highest BCUT2D eigenvalue weighted by atomic mass is 16.3. The molecular weight excluding hydrogens is 184 g/mol. The molecule has 0 fully saturated rings. The van der Waals surface area contributed by atoms with E-state index in [1.54, 1.807) is 0 Å². The van der Waals surface area contributed by atoms with Crippen molar-refractivity contribution in [3.63, 3.8) is 0 Å². The molecule has 1 heteroatoms. The van der Waals surface area contributed by atoms with Gasteiger partial charge in [-0.05, 0) is 17.9 Å². The second kappa shape index (κ2) is 5.92. The van der Waals surface area contributed by atoms with Crippen LogP contribution in [0.5, 0.6) is 0 Å². The third-order valence-electron chi connectivity index (χ3n) is 3.27. The summed E-state index contributed by atoms with van der Waals surface area (Å²) >= 11 is 0. The Hall–Kier alpha value is -0.820. The first-order chi connectivity index (χ1) is 7.20. The van der Waals surface area contributed by atoms with E-state index in [1.807, 2.05) is 25.1 Å². The maximum atomic E-state index is 10.1. The van der Waals surface area contributed by atoms with Crippen LogP contribution in [0.25, 0.3) is 0 Å². The summed E-state index contributed by atoms with van der Waals surface area (Å²) in [5, 5.41) is 10.1. The summed E-state index contributed by atoms with van der Waals surface area (Å²) < 4.78 is 0. The van der Waals surface area contributed by atoms with Crippen molar-refractivity contribution in [3.05, 3.63) is 35.9 Å². The quantitative estimate of drug-likeness (QED) is 0.780. The molecule has 0 aliphatic heterocycles. The number of aliphatic hydroxyl groups is 1. The molecule has 0 heterocycles. The molecule has 0 saturated heterocycles. The molecule has 1 aromatic carbocycles. The van der Waals surface area contributed by atoms with E-state index in [4.69, 9.17) is 0 Å². The van der Waals surface area contributed by atoms with Crippen LogP contribution in [0, 0.1) is 5.92 Å². The van der Waals surface area contributed by atoms with Gasteiger partial charge in [-0.1, -0.05) is 57.5 Å². The monoisotopic (exact) mass is 206 g/mol. The van der Waals surface area contributed by atoms with Crippen molar-refractivity contribution >= 4 is 0 Å². The predicted molar refractivity (Wildman–Crippen MR) is 64.9 cm³/mol. The number of rotatable bonds is 5. The summed E-state index contributed by atoms with van der Waals surface area (Å²) in [5.74, 6) is 0.809. The maximum absolute atomic E-state index is 10.1. The van der Waals surface area contributed by atoms with E-state index in [0.717, 1.165) is 12.8 Å². The molecule has 1 aromatic rings. The van der Waals surface area contributed by atoms with Crippen LogP contribution in [0.3, 0.4) is 0 Å². The van der Waals surface area contributed by atoms with Crippen LogP contribution in [0.1, 0.15) is 45.1 Å². The molecular formula is C14H22O. The van der Waals surface area contributed by atoms with Gasteiger partial charge in [0.2, 0.25) is 0 Å². The molecule has 3 atom stereocenters. The van der Waals surface area contributed by atoms with Gasteiger partial charge in [0.1, 0.15) is 0 Å². The molecule has 1 N–H and O–H groups in total. The minimum absolute atomic E-state index is 0.220. The van der Waals surface area contributed by atoms with Gasteiger partial charge in [0.05, 0.1) is 6.10 Å². The van der Waals surface area contributed by atoms with E-state index < -0.39 is 0 Å². The molecule has 84 valence electrons. The summed E-state index contributed by atoms with van der Waals surface area (Å²) in [6, 6.07) is 10.4. The summed E-state index contributed by atoms with van der Waals surface area (Å²) in [4.78, 5) is 0. The van der Waals surface area contributed by atoms with Crippen molar-refractivity contribution in [1.29, 1.82) is 0 Å². The van der Waals surface area contributed by atoms with Gasteiger partial charge in [0.15, 0.2) is 0 Å². The van der Waals surface area contributed by atoms with E-state index in [-0.39, 0.29) is 12.0 Å². The van der Waals surface area contributed by atoms with Crippen LogP contribution in [-0.4, -0.2) is 11.2 Å². The summed E-state index contributed by atoms with van der Waals surface area (Å²) in [5.41, 5.74) is 1.27. The lowest BCUT2D eigenvalue weighted by molar-refractivity contribution is 0.113. The van der Waals surface area contributed by atoms with Crippen molar-refractivity contribution < 1.29 is 5.11 Å². The Morgan fingerprint density at radius 1 is 1.07 bits per heavy atom. The van der Waals surface area contributed by atoms with Crippen molar-refractivity contribution in [3.8, 4) is 0 Å². The fraction of sp³-hybridized carbons (Fsp3) is 0.571. The van der Waals surface area contributed by atoms with Gasteiger partial charge in [-0.2, -0.15) is 0 Å². The van der Waals surface area contributed by atoms with Crippen LogP contribution in [-0.2, 0) is 0 Å². The molecule has 0 amide bonds. The molecule has 1 rings (SSSR count). The van der Waals surface area contributed by atoms with Gasteiger partial charge in [0, 0.05) is 5.92 Å². The van der Waals surface area contributed by atoms with Crippen LogP contribution in [0.4, 0.5) is 0 Å². The highest BCUT2D eigenvalue weighted by Gasteiger charge is 2.24. The summed E-state index contributed by atoms with van der Waals surface area (Å²) in [7, 11) is 0. The lowest BCUT2D eigenvalue weighted by atomic mass is 9.81. The molecule has 0 radical (unpaired) electrons. The Labute approximate surface area is 93.1 Å². The molecule has 0 aliphatic rings. The Balaban J connectivity index is 2.91. The van der Waals surface area contributed by atoms with Crippen molar-refractivity contribution in [2.24, 2.45) is 5.92 Å². The minimum Gasteiger partial charge on any atom is -0.392 e. The Bertz CT molecular complexity index is 258. The average molecular weight is 206 g/mol. The van der Waals surface area contributed by atoms with E-state index in [0.29, 0.717) is 5.92 Å². The van der Waals surface area contributed by atoms with E-state index in [9.17, 15) is 5.11 Å². The van der Waals surface area contributed by atoms with Crippen LogP contribution in [0.2, 0.25) is 0 Å². The number of aliphatic hydroxyl groups excluding tert-OH is 1. The Kier molecular flexibility index (Phi) is 4.83. The SMILES string of the molecule is CCC(C)C(c1ccccc1)C(O)CC. The van der Waals surface area contributed by atoms with Gasteiger partial charge in [-0.25, -0.2) is 0 Å². The fourth-order valence-corrected chi connectivity index (χ4v) is 2.11. The van der Waals surface area contributed by atoms with Crippen LogP contribution < -0.4 is 0 Å². The number of hydrogen-bond acceptors (Lipinski definition) is 1. The maximum Gasteiger partial charge on any atom is 0.0608 e. The summed E-state index contributed by atoms with van der Waals surface area (Å²) in [6.45, 7) is 6.45. The van der Waals surface area contributed by atoms with Crippen molar-refractivity contribution in [2.75, 3.05) is 0 Å². The van der Waals surface area contributed by atoms with E-state index in [1.165, 1.54) is 5.56 Å². The molecule has 0 spiro atoms. The molecule has 0 aliphatic carbocycles. The van der Waals surface area contributed by atoms with Gasteiger partial charge in [-0.3, -0.25) is 0 Å². The van der Waals surface area contributed by atoms with Crippen LogP contribution >= 0.6 is 0 Å². The minimum atomic E-state index is -0.220. The van der Waals surface area contributed by atoms with Gasteiger partial charge in [0.25, 0.3) is 0 Å². The van der Waals surface area contributed by atoms with Gasteiger partial charge < -0.3 is 5.11 Å². The molecule has 0 saturated carbocycles. The average Bonchev–Trinajstić information content (AvgIpc) is 2.30. The van der Waals surface area contributed by atoms with Crippen molar-refractivity contribution in [1.82, 2.24) is 0 Å². The lowest BCUT2D eigenvalue weighted by Gasteiger charge is -2.27. The number of hydrogen-bond donors (Lipinski definition) is 1. The van der Waals surface area contributed by atoms with Gasteiger partial charge in [-0.15, -0.1) is 0 Å². The Morgan fingerprint density at radius 2 is 1.67 bits per heavy atom. The first-order valence-corrected chi connectivity index (χ1v) is 5.93. The fourth-order valence-electron chi connectivity index (χ4n) is 2.11. The van der Waals surface area contributed by atoms with Gasteiger partial charge >= 0.3 is 0 Å². The van der Waals surface area contributed by atoms with E-state index in [2.05, 4.69) is 26.0 Å². The highest BCUT2D eigenvalue weighted by molar-refractivity contribution is 5.21. The smallest absolute Gasteiger partial charge is 0.0608 e. The number of benzene rings is 1. The standard InChI is InChI=1S/C14H22O/c1-4-11(3)14(13(15)5-2)12-9-7-6-8-10-12/h6-11,13-15H,4-5H2,1-3H3. The molecule has 15 heavy (non-hydrogen) atoms. The normalized spacial score (nSPS) is 17.1. The van der Waals surface area contributed by atoms with Crippen LogP contribution in [0.15, 0.2) is 30.3 Å². The zero-order chi connectivity index (χ0) is 11.3. The Morgan fingerprint density at radius 3 is 2.13 bits per heavy atom. The summed E-state index contributed by atoms with van der Waals surface area (Å²) in [6.07, 6.45) is 1.71. The predicted octanol–water partition coefficient (Wildman–Crippen LogP) is 3.59. The largest absolute Gasteiger partial charge is 0.392 e.